The van der Waals surface area contributed by atoms with Gasteiger partial charge in [0.25, 0.3) is 0 Å². The van der Waals surface area contributed by atoms with Crippen molar-refractivity contribution in [2.24, 2.45) is 0 Å². The predicted octanol–water partition coefficient (Wildman–Crippen LogP) is 2.93. The number of carbonyl (C=O) groups is 1. The first kappa shape index (κ1) is 15.6. The van der Waals surface area contributed by atoms with Crippen molar-refractivity contribution in [2.45, 2.75) is 0 Å². The van der Waals surface area contributed by atoms with E-state index in [4.69, 9.17) is 19.0 Å². The Morgan fingerprint density at radius 3 is 2.71 bits per heavy atom. The molecule has 6 nitrogen and oxygen atoms in total. The maximum absolute atomic E-state index is 12.7. The lowest BCUT2D eigenvalue weighted by Gasteiger charge is -2.11. The smallest absolute Gasteiger partial charge is 0.341 e. The SMILES string of the molecule is COc1cccc(-c2oc3ccccc3c(=O)c2OCC(=O)O)c1. The van der Waals surface area contributed by atoms with Crippen LogP contribution in [0.15, 0.2) is 57.7 Å². The number of methoxy groups -OCH3 is 1. The molecule has 1 heterocycles. The molecule has 6 heteroatoms. The third-order valence-electron chi connectivity index (χ3n) is 3.43. The third kappa shape index (κ3) is 2.94. The Labute approximate surface area is 136 Å². The van der Waals surface area contributed by atoms with E-state index >= 15 is 0 Å². The Hall–Kier alpha value is -3.28. The van der Waals surface area contributed by atoms with Crippen LogP contribution in [0.5, 0.6) is 11.5 Å². The molecule has 0 radical (unpaired) electrons. The topological polar surface area (TPSA) is 86.0 Å². The van der Waals surface area contributed by atoms with Crippen molar-refractivity contribution in [3.8, 4) is 22.8 Å². The summed E-state index contributed by atoms with van der Waals surface area (Å²) in [5.74, 6) is -0.574. The molecule has 2 aromatic carbocycles. The highest BCUT2D eigenvalue weighted by Crippen LogP contribution is 2.32. The van der Waals surface area contributed by atoms with Gasteiger partial charge in [-0.15, -0.1) is 0 Å². The van der Waals surface area contributed by atoms with Crippen LogP contribution < -0.4 is 14.9 Å². The molecule has 0 spiro atoms. The zero-order valence-corrected chi connectivity index (χ0v) is 12.8. The normalized spacial score (nSPS) is 10.5. The average Bonchev–Trinajstić information content (AvgIpc) is 2.60. The monoisotopic (exact) mass is 326 g/mol. The number of benzene rings is 2. The summed E-state index contributed by atoms with van der Waals surface area (Å²) >= 11 is 0. The number of hydrogen-bond donors (Lipinski definition) is 1. The minimum atomic E-state index is -1.18. The van der Waals surface area contributed by atoms with Gasteiger partial charge in [0.15, 0.2) is 12.4 Å². The number of carboxylic acid groups (broad SMARTS) is 1. The Morgan fingerprint density at radius 2 is 1.96 bits per heavy atom. The van der Waals surface area contributed by atoms with Gasteiger partial charge >= 0.3 is 5.97 Å². The van der Waals surface area contributed by atoms with E-state index in [1.54, 1.807) is 48.5 Å². The van der Waals surface area contributed by atoms with Crippen molar-refractivity contribution in [1.29, 1.82) is 0 Å². The van der Waals surface area contributed by atoms with Gasteiger partial charge in [0, 0.05) is 5.56 Å². The second kappa shape index (κ2) is 6.45. The average molecular weight is 326 g/mol. The lowest BCUT2D eigenvalue weighted by atomic mass is 10.1. The van der Waals surface area contributed by atoms with E-state index in [9.17, 15) is 9.59 Å². The standard InChI is InChI=1S/C18H14O6/c1-22-12-6-4-5-11(9-12)17-18(23-10-15(19)20)16(21)13-7-2-3-8-14(13)24-17/h2-9H,10H2,1H3,(H,19,20). The molecule has 0 aliphatic rings. The Morgan fingerprint density at radius 1 is 1.17 bits per heavy atom. The lowest BCUT2D eigenvalue weighted by molar-refractivity contribution is -0.139. The van der Waals surface area contributed by atoms with Gasteiger partial charge in [-0.25, -0.2) is 4.79 Å². The number of carboxylic acids is 1. The highest BCUT2D eigenvalue weighted by molar-refractivity contribution is 5.82. The fourth-order valence-electron chi connectivity index (χ4n) is 2.34. The second-order valence-electron chi connectivity index (χ2n) is 5.00. The minimum absolute atomic E-state index is 0.135. The van der Waals surface area contributed by atoms with Crippen LogP contribution in [0.25, 0.3) is 22.3 Å². The van der Waals surface area contributed by atoms with E-state index in [2.05, 4.69) is 0 Å². The number of hydrogen-bond acceptors (Lipinski definition) is 5. The highest BCUT2D eigenvalue weighted by atomic mass is 16.5. The van der Waals surface area contributed by atoms with Crippen LogP contribution in [0, 0.1) is 0 Å². The predicted molar refractivity (Wildman–Crippen MR) is 87.6 cm³/mol. The zero-order valence-electron chi connectivity index (χ0n) is 12.8. The number of fused-ring (bicyclic) bond motifs is 1. The van der Waals surface area contributed by atoms with E-state index in [0.717, 1.165) is 0 Å². The molecule has 0 fully saturated rings. The molecule has 24 heavy (non-hydrogen) atoms. The summed E-state index contributed by atoms with van der Waals surface area (Å²) in [6.07, 6.45) is 0. The molecule has 0 amide bonds. The van der Waals surface area contributed by atoms with Gasteiger partial charge in [-0.3, -0.25) is 4.79 Å². The minimum Gasteiger partial charge on any atom is -0.497 e. The van der Waals surface area contributed by atoms with Crippen LogP contribution in [-0.4, -0.2) is 24.8 Å². The van der Waals surface area contributed by atoms with Crippen molar-refractivity contribution in [3.05, 3.63) is 58.8 Å². The van der Waals surface area contributed by atoms with Crippen LogP contribution in [0.3, 0.4) is 0 Å². The molecule has 0 bridgehead atoms. The lowest BCUT2D eigenvalue weighted by Crippen LogP contribution is -2.16. The molecular weight excluding hydrogens is 312 g/mol. The molecule has 0 atom stereocenters. The molecule has 0 unspecified atom stereocenters. The largest absolute Gasteiger partial charge is 0.497 e. The zero-order chi connectivity index (χ0) is 17.1. The molecule has 3 aromatic rings. The van der Waals surface area contributed by atoms with Gasteiger partial charge in [0.1, 0.15) is 11.3 Å². The second-order valence-corrected chi connectivity index (χ2v) is 5.00. The first-order chi connectivity index (χ1) is 11.6. The van der Waals surface area contributed by atoms with Crippen molar-refractivity contribution >= 4 is 16.9 Å². The molecule has 0 saturated carbocycles. The molecule has 0 aliphatic heterocycles. The first-order valence-electron chi connectivity index (χ1n) is 7.15. The number of para-hydroxylation sites is 1. The summed E-state index contributed by atoms with van der Waals surface area (Å²) in [5, 5.41) is 9.17. The van der Waals surface area contributed by atoms with Gasteiger partial charge in [-0.2, -0.15) is 0 Å². The van der Waals surface area contributed by atoms with E-state index in [0.29, 0.717) is 22.3 Å². The van der Waals surface area contributed by atoms with Gasteiger partial charge in [-0.05, 0) is 24.3 Å². The quantitative estimate of drug-likeness (QED) is 0.776. The summed E-state index contributed by atoms with van der Waals surface area (Å²) in [6, 6.07) is 13.6. The van der Waals surface area contributed by atoms with Gasteiger partial charge in [-0.1, -0.05) is 24.3 Å². The van der Waals surface area contributed by atoms with E-state index in [-0.39, 0.29) is 11.5 Å². The fourth-order valence-corrected chi connectivity index (χ4v) is 2.34. The summed E-state index contributed by atoms with van der Waals surface area (Å²) < 4.78 is 16.2. The fraction of sp³-hybridized carbons (Fsp3) is 0.111. The Bertz CT molecular complexity index is 957. The van der Waals surface area contributed by atoms with Gasteiger partial charge < -0.3 is 19.0 Å². The molecule has 3 rings (SSSR count). The van der Waals surface area contributed by atoms with Crippen LogP contribution in [-0.2, 0) is 4.79 Å². The van der Waals surface area contributed by atoms with Crippen LogP contribution in [0.1, 0.15) is 0 Å². The van der Waals surface area contributed by atoms with Gasteiger partial charge in [0.05, 0.1) is 12.5 Å². The molecule has 0 saturated heterocycles. The first-order valence-corrected chi connectivity index (χ1v) is 7.15. The van der Waals surface area contributed by atoms with E-state index in [1.807, 2.05) is 0 Å². The molecular formula is C18H14O6. The molecule has 122 valence electrons. The molecule has 0 aliphatic carbocycles. The maximum atomic E-state index is 12.7. The van der Waals surface area contributed by atoms with Crippen molar-refractivity contribution in [1.82, 2.24) is 0 Å². The van der Waals surface area contributed by atoms with Crippen molar-refractivity contribution < 1.29 is 23.8 Å². The third-order valence-corrected chi connectivity index (χ3v) is 3.43. The number of aliphatic carboxylic acids is 1. The molecule has 1 aromatic heterocycles. The Balaban J connectivity index is 2.25. The highest BCUT2D eigenvalue weighted by Gasteiger charge is 2.18. The van der Waals surface area contributed by atoms with Crippen LogP contribution in [0.4, 0.5) is 0 Å². The molecule has 1 N–H and O–H groups in total. The van der Waals surface area contributed by atoms with E-state index < -0.39 is 18.0 Å². The summed E-state index contributed by atoms with van der Waals surface area (Å²) in [7, 11) is 1.53. The maximum Gasteiger partial charge on any atom is 0.341 e. The number of ether oxygens (including phenoxy) is 2. The summed E-state index contributed by atoms with van der Waals surface area (Å²) in [4.78, 5) is 23.5. The van der Waals surface area contributed by atoms with Gasteiger partial charge in [0.2, 0.25) is 11.2 Å². The van der Waals surface area contributed by atoms with Crippen LogP contribution in [0.2, 0.25) is 0 Å². The number of rotatable bonds is 5. The van der Waals surface area contributed by atoms with E-state index in [1.165, 1.54) is 7.11 Å². The summed E-state index contributed by atoms with van der Waals surface area (Å²) in [5.41, 5.74) is 0.525. The summed E-state index contributed by atoms with van der Waals surface area (Å²) in [6.45, 7) is -0.639. The van der Waals surface area contributed by atoms with Crippen molar-refractivity contribution in [2.75, 3.05) is 13.7 Å². The van der Waals surface area contributed by atoms with Crippen LogP contribution >= 0.6 is 0 Å². The van der Waals surface area contributed by atoms with Crippen molar-refractivity contribution in [3.63, 3.8) is 0 Å². The Kier molecular flexibility index (Phi) is 4.20.